The summed E-state index contributed by atoms with van der Waals surface area (Å²) in [6.07, 6.45) is 4.30. The van der Waals surface area contributed by atoms with Crippen molar-refractivity contribution in [3.63, 3.8) is 0 Å². The molecule has 0 aliphatic carbocycles. The summed E-state index contributed by atoms with van der Waals surface area (Å²) in [6, 6.07) is 12.2. The third-order valence-corrected chi connectivity index (χ3v) is 6.33. The zero-order valence-corrected chi connectivity index (χ0v) is 23.1. The Morgan fingerprint density at radius 2 is 1.62 bits per heavy atom. The summed E-state index contributed by atoms with van der Waals surface area (Å²) < 4.78 is 0. The van der Waals surface area contributed by atoms with Crippen LogP contribution in [0.1, 0.15) is 56.4 Å². The molecular weight excluding hydrogens is 462 g/mol. The molecule has 0 unspecified atom stereocenters. The molecule has 0 saturated carbocycles. The number of nitrogens with zero attached hydrogens (tertiary/aromatic N) is 3. The Balaban J connectivity index is 0.000000287. The fraction of sp³-hybridized carbons (Fsp3) is 0.400. The Hall–Kier alpha value is -3.74. The van der Waals surface area contributed by atoms with E-state index in [1.54, 1.807) is 16.7 Å². The molecule has 7 nitrogen and oxygen atoms in total. The molecule has 1 aliphatic heterocycles. The molecule has 0 atom stereocenters. The number of rotatable bonds is 4. The van der Waals surface area contributed by atoms with E-state index in [9.17, 15) is 9.59 Å². The van der Waals surface area contributed by atoms with Gasteiger partial charge in [-0.15, -0.1) is 0 Å². The standard InChI is InChI=1S/C20H21N3.C7H12N2O2.C3H8/c1-4-15-13(3)20(14-7-5-12(2)6-8-14)23-18-10-9-17(22)16(11-21)19(15)18;1-7(11)9-4-2-8(6-10)3-5-9;1-3-2/h5-11,21H,4,22H2,1-3H3;6H,2-5H2,1H3;3H2,1-2H3. The van der Waals surface area contributed by atoms with E-state index in [1.807, 2.05) is 12.1 Å². The van der Waals surface area contributed by atoms with Gasteiger partial charge < -0.3 is 20.9 Å². The maximum absolute atomic E-state index is 10.8. The van der Waals surface area contributed by atoms with Gasteiger partial charge in [-0.2, -0.15) is 0 Å². The van der Waals surface area contributed by atoms with Crippen LogP contribution in [0.5, 0.6) is 0 Å². The third-order valence-electron chi connectivity index (χ3n) is 6.33. The van der Waals surface area contributed by atoms with E-state index in [4.69, 9.17) is 16.1 Å². The number of amides is 2. The summed E-state index contributed by atoms with van der Waals surface area (Å²) in [4.78, 5) is 29.4. The molecule has 2 heterocycles. The molecule has 4 rings (SSSR count). The molecule has 0 radical (unpaired) electrons. The van der Waals surface area contributed by atoms with Crippen LogP contribution < -0.4 is 5.73 Å². The fourth-order valence-electron chi connectivity index (χ4n) is 4.30. The van der Waals surface area contributed by atoms with Crippen molar-refractivity contribution in [1.82, 2.24) is 14.8 Å². The highest BCUT2D eigenvalue weighted by molar-refractivity contribution is 6.05. The van der Waals surface area contributed by atoms with Crippen LogP contribution in [0.3, 0.4) is 0 Å². The van der Waals surface area contributed by atoms with Crippen LogP contribution in [0.4, 0.5) is 5.69 Å². The number of benzene rings is 2. The lowest BCUT2D eigenvalue weighted by atomic mass is 9.93. The van der Waals surface area contributed by atoms with Gasteiger partial charge in [0.1, 0.15) is 0 Å². The van der Waals surface area contributed by atoms with Crippen LogP contribution >= 0.6 is 0 Å². The van der Waals surface area contributed by atoms with Crippen molar-refractivity contribution in [1.29, 1.82) is 5.41 Å². The maximum atomic E-state index is 10.8. The van der Waals surface area contributed by atoms with Crippen molar-refractivity contribution >= 4 is 35.1 Å². The molecule has 2 amide bonds. The predicted molar refractivity (Wildman–Crippen MR) is 154 cm³/mol. The first-order valence-electron chi connectivity index (χ1n) is 13.0. The van der Waals surface area contributed by atoms with Crippen molar-refractivity contribution in [3.8, 4) is 11.3 Å². The predicted octanol–water partition coefficient (Wildman–Crippen LogP) is 5.38. The van der Waals surface area contributed by atoms with Crippen LogP contribution in [-0.2, 0) is 16.0 Å². The maximum Gasteiger partial charge on any atom is 0.219 e. The van der Waals surface area contributed by atoms with Gasteiger partial charge in [-0.25, -0.2) is 4.98 Å². The molecule has 198 valence electrons. The molecule has 0 bridgehead atoms. The minimum absolute atomic E-state index is 0.0931. The van der Waals surface area contributed by atoms with E-state index in [0.717, 1.165) is 46.1 Å². The van der Waals surface area contributed by atoms with E-state index in [2.05, 4.69) is 58.9 Å². The first-order chi connectivity index (χ1) is 17.7. The number of anilines is 1. The average molecular weight is 504 g/mol. The molecule has 3 aromatic rings. The highest BCUT2D eigenvalue weighted by Crippen LogP contribution is 2.33. The second-order valence-corrected chi connectivity index (χ2v) is 9.25. The van der Waals surface area contributed by atoms with Gasteiger partial charge in [-0.3, -0.25) is 9.59 Å². The molecule has 1 saturated heterocycles. The quantitative estimate of drug-likeness (QED) is 0.283. The Labute approximate surface area is 221 Å². The van der Waals surface area contributed by atoms with Gasteiger partial charge in [0.15, 0.2) is 0 Å². The first kappa shape index (κ1) is 29.5. The van der Waals surface area contributed by atoms with Crippen molar-refractivity contribution in [3.05, 3.63) is 58.7 Å². The largest absolute Gasteiger partial charge is 0.398 e. The number of hydrogen-bond acceptors (Lipinski definition) is 5. The van der Waals surface area contributed by atoms with Gasteiger partial charge in [0.25, 0.3) is 0 Å². The number of fused-ring (bicyclic) bond motifs is 1. The van der Waals surface area contributed by atoms with Gasteiger partial charge in [-0.05, 0) is 43.5 Å². The number of carbonyl (C=O) groups is 2. The zero-order chi connectivity index (χ0) is 27.5. The molecule has 7 heteroatoms. The summed E-state index contributed by atoms with van der Waals surface area (Å²) in [5, 5.41) is 8.73. The third kappa shape index (κ3) is 7.38. The smallest absolute Gasteiger partial charge is 0.219 e. The second kappa shape index (κ2) is 14.1. The monoisotopic (exact) mass is 503 g/mol. The van der Waals surface area contributed by atoms with E-state index >= 15 is 0 Å². The highest BCUT2D eigenvalue weighted by Gasteiger charge is 2.17. The van der Waals surface area contributed by atoms with Crippen molar-refractivity contribution in [2.24, 2.45) is 0 Å². The number of aryl methyl sites for hydroxylation is 2. The molecule has 0 spiro atoms. The van der Waals surface area contributed by atoms with Gasteiger partial charge in [-0.1, -0.05) is 57.0 Å². The minimum atomic E-state index is 0.0931. The molecular formula is C30H41N5O2. The summed E-state index contributed by atoms with van der Waals surface area (Å²) in [5.74, 6) is 0.0931. The molecule has 1 aliphatic rings. The molecule has 2 aromatic carbocycles. The first-order valence-corrected chi connectivity index (χ1v) is 13.0. The minimum Gasteiger partial charge on any atom is -0.398 e. The van der Waals surface area contributed by atoms with E-state index < -0.39 is 0 Å². The Morgan fingerprint density at radius 3 is 2.11 bits per heavy atom. The van der Waals surface area contributed by atoms with Gasteiger partial charge in [0.05, 0.1) is 11.2 Å². The number of pyridine rings is 1. The SMILES string of the molecule is CC(=O)N1CCN(C=O)CC1.CCC.CCc1c(C)c(-c2ccc(C)cc2)nc2ccc(N)c(C=N)c12. The lowest BCUT2D eigenvalue weighted by Crippen LogP contribution is -2.47. The van der Waals surface area contributed by atoms with Crippen molar-refractivity contribution in [2.75, 3.05) is 31.9 Å². The average Bonchev–Trinajstić information content (AvgIpc) is 2.90. The van der Waals surface area contributed by atoms with Gasteiger partial charge in [0, 0.05) is 61.5 Å². The van der Waals surface area contributed by atoms with Crippen LogP contribution in [0.25, 0.3) is 22.2 Å². The fourth-order valence-corrected chi connectivity index (χ4v) is 4.30. The zero-order valence-electron chi connectivity index (χ0n) is 23.1. The number of aromatic nitrogens is 1. The van der Waals surface area contributed by atoms with Crippen LogP contribution in [0, 0.1) is 19.3 Å². The molecule has 37 heavy (non-hydrogen) atoms. The number of nitrogens with two attached hydrogens (primary N) is 1. The van der Waals surface area contributed by atoms with Crippen LogP contribution in [0.15, 0.2) is 36.4 Å². The summed E-state index contributed by atoms with van der Waals surface area (Å²) in [7, 11) is 0. The summed E-state index contributed by atoms with van der Waals surface area (Å²) in [6.45, 7) is 14.8. The van der Waals surface area contributed by atoms with Crippen molar-refractivity contribution < 1.29 is 9.59 Å². The topological polar surface area (TPSA) is 103 Å². The molecule has 3 N–H and O–H groups in total. The van der Waals surface area contributed by atoms with Gasteiger partial charge in [0.2, 0.25) is 12.3 Å². The van der Waals surface area contributed by atoms with E-state index in [1.165, 1.54) is 23.8 Å². The number of piperazine rings is 1. The van der Waals surface area contributed by atoms with Gasteiger partial charge >= 0.3 is 0 Å². The highest BCUT2D eigenvalue weighted by atomic mass is 16.2. The Kier molecular flexibility index (Phi) is 11.2. The number of nitrogens with one attached hydrogen (secondary N) is 1. The normalized spacial score (nSPS) is 12.7. The van der Waals surface area contributed by atoms with Crippen LogP contribution in [-0.4, -0.2) is 59.5 Å². The lowest BCUT2D eigenvalue weighted by molar-refractivity contribution is -0.133. The van der Waals surface area contributed by atoms with E-state index in [-0.39, 0.29) is 5.91 Å². The summed E-state index contributed by atoms with van der Waals surface area (Å²) >= 11 is 0. The number of hydrogen-bond donors (Lipinski definition) is 2. The van der Waals surface area contributed by atoms with E-state index in [0.29, 0.717) is 31.9 Å². The Bertz CT molecular complexity index is 1210. The number of carbonyl (C=O) groups excluding carboxylic acids is 2. The van der Waals surface area contributed by atoms with Crippen LogP contribution in [0.2, 0.25) is 0 Å². The molecule has 1 fully saturated rings. The second-order valence-electron chi connectivity index (χ2n) is 9.25. The summed E-state index contributed by atoms with van der Waals surface area (Å²) in [5.41, 5.74) is 14.1. The number of nitrogen functional groups attached to an aromatic ring is 1. The Morgan fingerprint density at radius 1 is 1.03 bits per heavy atom. The lowest BCUT2D eigenvalue weighted by Gasteiger charge is -2.31. The molecule has 1 aromatic heterocycles. The van der Waals surface area contributed by atoms with Crippen molar-refractivity contribution in [2.45, 2.75) is 54.4 Å².